The molecule has 0 saturated heterocycles. The molecule has 0 radical (unpaired) electrons. The van der Waals surface area contributed by atoms with Crippen molar-refractivity contribution in [1.29, 1.82) is 0 Å². The summed E-state index contributed by atoms with van der Waals surface area (Å²) in [6.07, 6.45) is 1.02. The van der Waals surface area contributed by atoms with Crippen molar-refractivity contribution in [3.63, 3.8) is 0 Å². The molecule has 0 bridgehead atoms. The van der Waals surface area contributed by atoms with Crippen LogP contribution in [0, 0.1) is 3.57 Å². The molecule has 1 aliphatic rings. The van der Waals surface area contributed by atoms with Crippen LogP contribution in [0.3, 0.4) is 0 Å². The third kappa shape index (κ3) is 4.04. The van der Waals surface area contributed by atoms with Gasteiger partial charge in [0, 0.05) is 21.1 Å². The molecular formula is C20H23IN4O2S. The van der Waals surface area contributed by atoms with Gasteiger partial charge in [-0.3, -0.25) is 0 Å². The summed E-state index contributed by atoms with van der Waals surface area (Å²) < 4.78 is 14.4. The number of aryl methyl sites for hydroxylation is 1. The van der Waals surface area contributed by atoms with Gasteiger partial charge < -0.3 is 25.1 Å². The Balaban J connectivity index is 1.66. The molecule has 0 spiro atoms. The van der Waals surface area contributed by atoms with Crippen molar-refractivity contribution in [3.8, 4) is 11.5 Å². The van der Waals surface area contributed by atoms with Crippen molar-refractivity contribution in [3.05, 3.63) is 33.9 Å². The summed E-state index contributed by atoms with van der Waals surface area (Å²) in [5.41, 5.74) is 8.83. The third-order valence-electron chi connectivity index (χ3n) is 4.51. The van der Waals surface area contributed by atoms with Crippen LogP contribution in [0.15, 0.2) is 40.4 Å². The van der Waals surface area contributed by atoms with Crippen molar-refractivity contribution >= 4 is 51.1 Å². The number of halogens is 1. The monoisotopic (exact) mass is 514 g/mol. The number of para-hydroxylation sites is 1. The van der Waals surface area contributed by atoms with Crippen LogP contribution in [-0.2, 0) is 6.54 Å². The van der Waals surface area contributed by atoms with E-state index in [0.717, 1.165) is 55.7 Å². The predicted molar refractivity (Wildman–Crippen MR) is 121 cm³/mol. The SMILES string of the molecule is CC(C)NCCCn1c(Sc2cc3c(cc2[131I])OCO3)nc2c(N)cccc21. The van der Waals surface area contributed by atoms with E-state index in [1.165, 1.54) is 0 Å². The van der Waals surface area contributed by atoms with Crippen LogP contribution in [-0.4, -0.2) is 28.9 Å². The van der Waals surface area contributed by atoms with Gasteiger partial charge in [0.1, 0.15) is 5.52 Å². The summed E-state index contributed by atoms with van der Waals surface area (Å²) in [4.78, 5) is 5.96. The molecule has 8 heteroatoms. The minimum atomic E-state index is 0.275. The molecule has 0 amide bonds. The highest BCUT2D eigenvalue weighted by Gasteiger charge is 2.20. The van der Waals surface area contributed by atoms with E-state index < -0.39 is 0 Å². The van der Waals surface area contributed by atoms with Gasteiger partial charge in [0.25, 0.3) is 0 Å². The van der Waals surface area contributed by atoms with Gasteiger partial charge in [-0.05, 0) is 59.8 Å². The maximum absolute atomic E-state index is 6.19. The van der Waals surface area contributed by atoms with Crippen LogP contribution in [0.2, 0.25) is 0 Å². The minimum absolute atomic E-state index is 0.275. The van der Waals surface area contributed by atoms with Crippen molar-refractivity contribution in [2.75, 3.05) is 19.1 Å². The van der Waals surface area contributed by atoms with Gasteiger partial charge in [0.05, 0.1) is 11.2 Å². The molecule has 0 unspecified atom stereocenters. The van der Waals surface area contributed by atoms with Crippen LogP contribution >= 0.6 is 34.4 Å². The number of nitrogen functional groups attached to an aromatic ring is 1. The number of benzene rings is 2. The first-order valence-corrected chi connectivity index (χ1v) is 11.2. The van der Waals surface area contributed by atoms with Gasteiger partial charge in [-0.1, -0.05) is 31.7 Å². The first kappa shape index (κ1) is 19.7. The average molecular weight is 514 g/mol. The second kappa shape index (κ2) is 8.38. The maximum atomic E-state index is 6.19. The zero-order valence-electron chi connectivity index (χ0n) is 15.9. The van der Waals surface area contributed by atoms with Gasteiger partial charge in [-0.2, -0.15) is 0 Å². The lowest BCUT2D eigenvalue weighted by Crippen LogP contribution is -2.24. The fraction of sp³-hybridized carbons (Fsp3) is 0.350. The molecule has 0 saturated carbocycles. The highest BCUT2D eigenvalue weighted by molar-refractivity contribution is 14.1. The molecule has 0 fully saturated rings. The Hall–Kier alpha value is -1.65. The van der Waals surface area contributed by atoms with Crippen LogP contribution in [0.5, 0.6) is 11.5 Å². The number of hydrogen-bond acceptors (Lipinski definition) is 6. The summed E-state index contributed by atoms with van der Waals surface area (Å²) in [6.45, 7) is 6.44. The van der Waals surface area contributed by atoms with Crippen LogP contribution in [0.25, 0.3) is 11.0 Å². The zero-order valence-corrected chi connectivity index (χ0v) is 18.8. The van der Waals surface area contributed by atoms with Crippen molar-refractivity contribution in [2.45, 2.75) is 42.9 Å². The number of nitrogens with zero attached hydrogens (tertiary/aromatic N) is 2. The predicted octanol–water partition coefficient (Wildman–Crippen LogP) is 4.49. The smallest absolute Gasteiger partial charge is 0.231 e. The molecule has 28 heavy (non-hydrogen) atoms. The van der Waals surface area contributed by atoms with E-state index in [-0.39, 0.29) is 6.79 Å². The summed E-state index contributed by atoms with van der Waals surface area (Å²) in [5.74, 6) is 1.58. The number of aromatic nitrogens is 2. The Kier molecular flexibility index (Phi) is 5.88. The van der Waals surface area contributed by atoms with E-state index >= 15 is 0 Å². The standard InChI is InChI=1S/C20H23IN4O2S/c1-12(2)23-7-4-8-25-15-6-3-5-14(22)19(15)24-20(25)28-18-10-17-16(9-13(18)21)26-11-27-17/h3,5-6,9-10,12,23H,4,7-8,11,22H2,1-2H3/i21+4. The third-order valence-corrected chi connectivity index (χ3v) is 6.82. The van der Waals surface area contributed by atoms with E-state index in [2.05, 4.69) is 52.4 Å². The van der Waals surface area contributed by atoms with Gasteiger partial charge >= 0.3 is 0 Å². The fourth-order valence-electron chi connectivity index (χ4n) is 3.14. The molecule has 6 nitrogen and oxygen atoms in total. The lowest BCUT2D eigenvalue weighted by atomic mass is 10.2. The normalized spacial score (nSPS) is 13.0. The summed E-state index contributed by atoms with van der Waals surface area (Å²) >= 11 is 3.97. The number of nitrogens with two attached hydrogens (primary N) is 1. The first-order valence-electron chi connectivity index (χ1n) is 9.28. The van der Waals surface area contributed by atoms with Gasteiger partial charge in [-0.25, -0.2) is 4.98 Å². The number of imidazole rings is 1. The second-order valence-corrected chi connectivity index (χ2v) is 9.13. The number of rotatable bonds is 7. The Morgan fingerprint density at radius 1 is 1.29 bits per heavy atom. The number of hydrogen-bond donors (Lipinski definition) is 2. The number of ether oxygens (including phenoxy) is 2. The van der Waals surface area contributed by atoms with E-state index in [9.17, 15) is 0 Å². The Bertz CT molecular complexity index is 1010. The van der Waals surface area contributed by atoms with E-state index in [1.807, 2.05) is 24.3 Å². The highest BCUT2D eigenvalue weighted by atomic mass is 131. The molecule has 3 aromatic rings. The van der Waals surface area contributed by atoms with Crippen molar-refractivity contribution in [1.82, 2.24) is 14.9 Å². The highest BCUT2D eigenvalue weighted by Crippen LogP contribution is 2.41. The summed E-state index contributed by atoms with van der Waals surface area (Å²) in [6, 6.07) is 10.5. The Labute approximate surface area is 182 Å². The quantitative estimate of drug-likeness (QED) is 0.275. The first-order chi connectivity index (χ1) is 13.5. The van der Waals surface area contributed by atoms with Crippen molar-refractivity contribution in [2.24, 2.45) is 0 Å². The minimum Gasteiger partial charge on any atom is -0.454 e. The molecule has 4 rings (SSSR count). The fourth-order valence-corrected chi connectivity index (χ4v) is 4.87. The molecule has 2 heterocycles. The zero-order chi connectivity index (χ0) is 19.7. The average Bonchev–Trinajstić information content (AvgIpc) is 3.24. The molecule has 1 aromatic heterocycles. The van der Waals surface area contributed by atoms with Crippen LogP contribution in [0.4, 0.5) is 5.69 Å². The van der Waals surface area contributed by atoms with Crippen molar-refractivity contribution < 1.29 is 9.47 Å². The van der Waals surface area contributed by atoms with Gasteiger partial charge in [-0.15, -0.1) is 0 Å². The lowest BCUT2D eigenvalue weighted by Gasteiger charge is -2.12. The molecule has 148 valence electrons. The maximum Gasteiger partial charge on any atom is 0.231 e. The molecule has 2 aromatic carbocycles. The van der Waals surface area contributed by atoms with E-state index in [4.69, 9.17) is 20.2 Å². The van der Waals surface area contributed by atoms with Crippen LogP contribution < -0.4 is 20.5 Å². The topological polar surface area (TPSA) is 74.3 Å². The van der Waals surface area contributed by atoms with E-state index in [1.54, 1.807) is 11.8 Å². The number of anilines is 1. The number of nitrogens with one attached hydrogen (secondary N) is 1. The van der Waals surface area contributed by atoms with Gasteiger partial charge in [0.15, 0.2) is 16.7 Å². The molecule has 1 aliphatic heterocycles. The lowest BCUT2D eigenvalue weighted by molar-refractivity contribution is 0.174. The Morgan fingerprint density at radius 3 is 2.86 bits per heavy atom. The van der Waals surface area contributed by atoms with E-state index in [0.29, 0.717) is 11.7 Å². The second-order valence-electron chi connectivity index (χ2n) is 6.96. The summed E-state index contributed by atoms with van der Waals surface area (Å²) in [5, 5.41) is 4.42. The molecule has 0 aliphatic carbocycles. The molecule has 0 atom stereocenters. The Morgan fingerprint density at radius 2 is 2.07 bits per heavy atom. The molecule has 3 N–H and O–H groups in total. The summed E-state index contributed by atoms with van der Waals surface area (Å²) in [7, 11) is 0. The van der Waals surface area contributed by atoms with Gasteiger partial charge in [0.2, 0.25) is 6.79 Å². The molecular weight excluding hydrogens is 491 g/mol. The largest absolute Gasteiger partial charge is 0.454 e. The number of fused-ring (bicyclic) bond motifs is 2. The van der Waals surface area contributed by atoms with Crippen LogP contribution in [0.1, 0.15) is 20.3 Å².